The number of benzene rings is 1. The van der Waals surface area contributed by atoms with Gasteiger partial charge in [-0.15, -0.1) is 11.3 Å². The van der Waals surface area contributed by atoms with Gasteiger partial charge in [0.05, 0.1) is 5.51 Å². The van der Waals surface area contributed by atoms with Gasteiger partial charge in [-0.3, -0.25) is 4.98 Å². The third kappa shape index (κ3) is 2.61. The topological polar surface area (TPSA) is 38.9 Å². The Kier molecular flexibility index (Phi) is 3.93. The van der Waals surface area contributed by atoms with E-state index in [0.717, 1.165) is 17.0 Å². The van der Waals surface area contributed by atoms with E-state index in [4.69, 9.17) is 17.3 Å². The first kappa shape index (κ1) is 11.6. The molecule has 0 fully saturated rings. The van der Waals surface area contributed by atoms with E-state index in [-0.39, 0.29) is 5.92 Å². The fourth-order valence-electron chi connectivity index (χ4n) is 1.71. The zero-order valence-corrected chi connectivity index (χ0v) is 10.3. The average molecular weight is 253 g/mol. The van der Waals surface area contributed by atoms with E-state index in [9.17, 15) is 0 Å². The number of hydrogen-bond donors (Lipinski definition) is 1. The van der Waals surface area contributed by atoms with Crippen molar-refractivity contribution in [3.8, 4) is 0 Å². The minimum atomic E-state index is 0.272. The van der Waals surface area contributed by atoms with Crippen LogP contribution < -0.4 is 5.73 Å². The van der Waals surface area contributed by atoms with Gasteiger partial charge in [0.2, 0.25) is 0 Å². The normalized spacial score (nSPS) is 12.6. The molecule has 0 aliphatic heterocycles. The summed E-state index contributed by atoms with van der Waals surface area (Å²) in [6.45, 7) is 0.599. The van der Waals surface area contributed by atoms with Gasteiger partial charge in [0.15, 0.2) is 0 Å². The first-order valence-electron chi connectivity index (χ1n) is 5.13. The molecule has 1 atom stereocenters. The summed E-state index contributed by atoms with van der Waals surface area (Å²) >= 11 is 7.83. The summed E-state index contributed by atoms with van der Waals surface area (Å²) in [5, 5.41) is 0.794. The van der Waals surface area contributed by atoms with Crippen molar-refractivity contribution in [1.29, 1.82) is 0 Å². The molecule has 2 aromatic rings. The number of nitrogens with two attached hydrogens (primary N) is 1. The lowest BCUT2D eigenvalue weighted by Gasteiger charge is -2.15. The molecule has 84 valence electrons. The van der Waals surface area contributed by atoms with Crippen LogP contribution >= 0.6 is 22.9 Å². The van der Waals surface area contributed by atoms with Gasteiger partial charge in [-0.25, -0.2) is 0 Å². The molecule has 4 heteroatoms. The Morgan fingerprint density at radius 1 is 1.38 bits per heavy atom. The van der Waals surface area contributed by atoms with Gasteiger partial charge in [-0.1, -0.05) is 29.8 Å². The maximum absolute atomic E-state index is 6.17. The van der Waals surface area contributed by atoms with Crippen LogP contribution in [0.5, 0.6) is 0 Å². The zero-order valence-electron chi connectivity index (χ0n) is 8.77. The van der Waals surface area contributed by atoms with Gasteiger partial charge in [0, 0.05) is 22.0 Å². The molecule has 0 saturated carbocycles. The summed E-state index contributed by atoms with van der Waals surface area (Å²) in [5.74, 6) is 0.272. The van der Waals surface area contributed by atoms with E-state index in [1.165, 1.54) is 4.88 Å². The van der Waals surface area contributed by atoms with E-state index < -0.39 is 0 Å². The summed E-state index contributed by atoms with van der Waals surface area (Å²) in [4.78, 5) is 5.32. The first-order chi connectivity index (χ1) is 7.81. The van der Waals surface area contributed by atoms with Crippen molar-refractivity contribution >= 4 is 22.9 Å². The summed E-state index contributed by atoms with van der Waals surface area (Å²) in [5.41, 5.74) is 8.78. The predicted molar refractivity (Wildman–Crippen MR) is 69.1 cm³/mol. The van der Waals surface area contributed by atoms with Crippen LogP contribution in [-0.4, -0.2) is 11.5 Å². The standard InChI is InChI=1S/C12H13ClN2S/c13-12-4-2-1-3-11(12)9(6-14)5-10-7-15-8-16-10/h1-4,7-9H,5-6,14H2. The quantitative estimate of drug-likeness (QED) is 0.908. The Morgan fingerprint density at radius 3 is 2.81 bits per heavy atom. The molecule has 0 aliphatic carbocycles. The fraction of sp³-hybridized carbons (Fsp3) is 0.250. The highest BCUT2D eigenvalue weighted by Crippen LogP contribution is 2.27. The average Bonchev–Trinajstić information content (AvgIpc) is 2.80. The van der Waals surface area contributed by atoms with E-state index in [1.54, 1.807) is 11.3 Å². The van der Waals surface area contributed by atoms with Crippen LogP contribution in [-0.2, 0) is 6.42 Å². The number of hydrogen-bond acceptors (Lipinski definition) is 3. The summed E-state index contributed by atoms with van der Waals surface area (Å²) in [7, 11) is 0. The van der Waals surface area contributed by atoms with Gasteiger partial charge in [-0.05, 0) is 24.6 Å². The van der Waals surface area contributed by atoms with Gasteiger partial charge < -0.3 is 5.73 Å². The second-order valence-corrected chi connectivity index (χ2v) is 5.00. The molecule has 2 nitrogen and oxygen atoms in total. The fourth-order valence-corrected chi connectivity index (χ4v) is 2.68. The molecule has 1 heterocycles. The molecule has 0 radical (unpaired) electrons. The van der Waals surface area contributed by atoms with Gasteiger partial charge >= 0.3 is 0 Å². The van der Waals surface area contributed by atoms with Crippen LogP contribution in [0.1, 0.15) is 16.4 Å². The lowest BCUT2D eigenvalue weighted by atomic mass is 9.95. The maximum Gasteiger partial charge on any atom is 0.0794 e. The second kappa shape index (κ2) is 5.43. The Balaban J connectivity index is 2.20. The highest BCUT2D eigenvalue weighted by atomic mass is 35.5. The van der Waals surface area contributed by atoms with Gasteiger partial charge in [0.25, 0.3) is 0 Å². The molecule has 2 N–H and O–H groups in total. The number of rotatable bonds is 4. The smallest absolute Gasteiger partial charge is 0.0794 e. The number of thiazole rings is 1. The lowest BCUT2D eigenvalue weighted by molar-refractivity contribution is 0.700. The minimum absolute atomic E-state index is 0.272. The van der Waals surface area contributed by atoms with E-state index in [0.29, 0.717) is 6.54 Å². The van der Waals surface area contributed by atoms with Crippen molar-refractivity contribution in [2.75, 3.05) is 6.54 Å². The lowest BCUT2D eigenvalue weighted by Crippen LogP contribution is -2.15. The molecular weight excluding hydrogens is 240 g/mol. The molecular formula is C12H13ClN2S. The molecule has 0 spiro atoms. The van der Waals surface area contributed by atoms with Crippen LogP contribution in [0, 0.1) is 0 Å². The SMILES string of the molecule is NCC(Cc1cncs1)c1ccccc1Cl. The number of halogens is 1. The van der Waals surface area contributed by atoms with Gasteiger partial charge in [0.1, 0.15) is 0 Å². The van der Waals surface area contributed by atoms with Crippen molar-refractivity contribution in [2.24, 2.45) is 5.73 Å². The minimum Gasteiger partial charge on any atom is -0.330 e. The zero-order chi connectivity index (χ0) is 11.4. The number of aromatic nitrogens is 1. The third-order valence-corrected chi connectivity index (χ3v) is 3.71. The second-order valence-electron chi connectivity index (χ2n) is 3.63. The van der Waals surface area contributed by atoms with Crippen molar-refractivity contribution in [3.05, 3.63) is 51.4 Å². The largest absolute Gasteiger partial charge is 0.330 e. The number of nitrogens with zero attached hydrogens (tertiary/aromatic N) is 1. The Labute approximate surface area is 104 Å². The Morgan fingerprint density at radius 2 is 2.19 bits per heavy atom. The Bertz CT molecular complexity index is 442. The van der Waals surface area contributed by atoms with Crippen molar-refractivity contribution in [2.45, 2.75) is 12.3 Å². The van der Waals surface area contributed by atoms with Crippen molar-refractivity contribution in [3.63, 3.8) is 0 Å². The predicted octanol–water partition coefficient (Wildman–Crippen LogP) is 3.08. The highest BCUT2D eigenvalue weighted by Gasteiger charge is 2.14. The van der Waals surface area contributed by atoms with E-state index in [2.05, 4.69) is 4.98 Å². The van der Waals surface area contributed by atoms with Gasteiger partial charge in [-0.2, -0.15) is 0 Å². The maximum atomic E-state index is 6.17. The first-order valence-corrected chi connectivity index (χ1v) is 6.39. The molecule has 1 aromatic heterocycles. The molecule has 1 unspecified atom stereocenters. The molecule has 0 amide bonds. The molecule has 0 bridgehead atoms. The van der Waals surface area contributed by atoms with Crippen LogP contribution in [0.25, 0.3) is 0 Å². The van der Waals surface area contributed by atoms with Crippen LogP contribution in [0.15, 0.2) is 36.0 Å². The van der Waals surface area contributed by atoms with Crippen molar-refractivity contribution < 1.29 is 0 Å². The summed E-state index contributed by atoms with van der Waals surface area (Å²) in [6.07, 6.45) is 2.80. The van der Waals surface area contributed by atoms with Crippen LogP contribution in [0.4, 0.5) is 0 Å². The monoisotopic (exact) mass is 252 g/mol. The van der Waals surface area contributed by atoms with E-state index >= 15 is 0 Å². The summed E-state index contributed by atoms with van der Waals surface area (Å²) < 4.78 is 0. The van der Waals surface area contributed by atoms with E-state index in [1.807, 2.05) is 36.0 Å². The molecule has 16 heavy (non-hydrogen) atoms. The van der Waals surface area contributed by atoms with Crippen molar-refractivity contribution in [1.82, 2.24) is 4.98 Å². The molecule has 0 aliphatic rings. The summed E-state index contributed by atoms with van der Waals surface area (Å²) in [6, 6.07) is 7.88. The Hall–Kier alpha value is -0.900. The van der Waals surface area contributed by atoms with Crippen LogP contribution in [0.3, 0.4) is 0 Å². The molecule has 1 aromatic carbocycles. The molecule has 0 saturated heterocycles. The third-order valence-electron chi connectivity index (χ3n) is 2.56. The highest BCUT2D eigenvalue weighted by molar-refractivity contribution is 7.09. The molecule has 2 rings (SSSR count). The van der Waals surface area contributed by atoms with Crippen LogP contribution in [0.2, 0.25) is 5.02 Å².